The molecule has 1 heterocycles. The molecule has 1 aromatic heterocycles. The minimum atomic E-state index is -0.694. The molecule has 0 atom stereocenters. The Morgan fingerprint density at radius 2 is 2.33 bits per heavy atom. The number of nitrogens with zero attached hydrogens (tertiary/aromatic N) is 2. The summed E-state index contributed by atoms with van der Waals surface area (Å²) in [5.41, 5.74) is 0. The molecule has 18 heavy (non-hydrogen) atoms. The lowest BCUT2D eigenvalue weighted by Crippen LogP contribution is -2.43. The Morgan fingerprint density at radius 1 is 1.56 bits per heavy atom. The van der Waals surface area contributed by atoms with Gasteiger partial charge in [-0.3, -0.25) is 9.59 Å². The molecule has 0 aliphatic heterocycles. The number of nitriles is 1. The van der Waals surface area contributed by atoms with Crippen LogP contribution in [-0.4, -0.2) is 29.3 Å². The van der Waals surface area contributed by atoms with Crippen LogP contribution in [-0.2, 0) is 16.1 Å². The normalized spacial score (nSPS) is 13.7. The predicted octanol–water partition coefficient (Wildman–Crippen LogP) is 0.879. The van der Waals surface area contributed by atoms with Gasteiger partial charge in [0.25, 0.3) is 0 Å². The maximum absolute atomic E-state index is 12.0. The highest BCUT2D eigenvalue weighted by molar-refractivity contribution is 7.09. The van der Waals surface area contributed by atoms with Crippen LogP contribution in [0.15, 0.2) is 17.5 Å². The molecule has 0 bridgehead atoms. The van der Waals surface area contributed by atoms with Crippen LogP contribution in [0.1, 0.15) is 17.7 Å². The first-order valence-electron chi connectivity index (χ1n) is 5.70. The lowest BCUT2D eigenvalue weighted by molar-refractivity contribution is -0.146. The van der Waals surface area contributed by atoms with Crippen LogP contribution in [0, 0.1) is 11.3 Å². The van der Waals surface area contributed by atoms with Crippen molar-refractivity contribution < 1.29 is 9.59 Å². The quantitative estimate of drug-likeness (QED) is 0.647. The van der Waals surface area contributed by atoms with Crippen molar-refractivity contribution in [2.75, 3.05) is 6.54 Å². The predicted molar refractivity (Wildman–Crippen MR) is 66.5 cm³/mol. The molecular formula is C12H13N3O2S. The van der Waals surface area contributed by atoms with Crippen LogP contribution >= 0.6 is 11.3 Å². The van der Waals surface area contributed by atoms with Crippen molar-refractivity contribution in [2.24, 2.45) is 0 Å². The first-order chi connectivity index (χ1) is 8.72. The van der Waals surface area contributed by atoms with E-state index < -0.39 is 11.8 Å². The van der Waals surface area contributed by atoms with E-state index in [0.29, 0.717) is 6.54 Å². The largest absolute Gasteiger partial charge is 0.335 e. The van der Waals surface area contributed by atoms with Gasteiger partial charge in [-0.05, 0) is 24.3 Å². The first-order valence-corrected chi connectivity index (χ1v) is 6.58. The number of thiophene rings is 1. The van der Waals surface area contributed by atoms with E-state index >= 15 is 0 Å². The maximum atomic E-state index is 12.0. The number of nitrogens with one attached hydrogen (secondary N) is 1. The van der Waals surface area contributed by atoms with Gasteiger partial charge in [0.05, 0.1) is 12.6 Å². The number of amides is 2. The van der Waals surface area contributed by atoms with E-state index in [0.717, 1.165) is 17.7 Å². The zero-order chi connectivity index (χ0) is 13.0. The standard InChI is InChI=1S/C12H13N3O2S/c13-5-6-14-11(16)12(17)15(9-3-4-9)8-10-2-1-7-18-10/h1-2,7,9H,3-4,6,8H2,(H,14,16). The first kappa shape index (κ1) is 12.6. The van der Waals surface area contributed by atoms with Crippen LogP contribution in [0.2, 0.25) is 0 Å². The summed E-state index contributed by atoms with van der Waals surface area (Å²) >= 11 is 1.57. The highest BCUT2D eigenvalue weighted by atomic mass is 32.1. The van der Waals surface area contributed by atoms with E-state index in [2.05, 4.69) is 5.32 Å². The molecule has 1 aliphatic carbocycles. The number of carbonyl (C=O) groups excluding carboxylic acids is 2. The topological polar surface area (TPSA) is 73.2 Å². The molecule has 0 spiro atoms. The Bertz CT molecular complexity index is 474. The van der Waals surface area contributed by atoms with Crippen LogP contribution in [0.3, 0.4) is 0 Å². The fourth-order valence-electron chi connectivity index (χ4n) is 1.65. The van der Waals surface area contributed by atoms with Gasteiger partial charge in [0.2, 0.25) is 0 Å². The van der Waals surface area contributed by atoms with Gasteiger partial charge in [-0.1, -0.05) is 6.07 Å². The molecular weight excluding hydrogens is 250 g/mol. The summed E-state index contributed by atoms with van der Waals surface area (Å²) in [5.74, 6) is -1.24. The minimum absolute atomic E-state index is 0.137. The van der Waals surface area contributed by atoms with Crippen molar-refractivity contribution in [2.45, 2.75) is 25.4 Å². The second-order valence-electron chi connectivity index (χ2n) is 4.08. The third kappa shape index (κ3) is 3.08. The highest BCUT2D eigenvalue weighted by Crippen LogP contribution is 2.29. The number of hydrogen-bond donors (Lipinski definition) is 1. The van der Waals surface area contributed by atoms with Gasteiger partial charge in [-0.2, -0.15) is 5.26 Å². The summed E-state index contributed by atoms with van der Waals surface area (Å²) < 4.78 is 0. The van der Waals surface area contributed by atoms with Gasteiger partial charge in [-0.25, -0.2) is 0 Å². The molecule has 1 saturated carbocycles. The third-order valence-electron chi connectivity index (χ3n) is 2.68. The zero-order valence-electron chi connectivity index (χ0n) is 9.76. The monoisotopic (exact) mass is 263 g/mol. The minimum Gasteiger partial charge on any atom is -0.335 e. The molecule has 6 heteroatoms. The SMILES string of the molecule is N#CCNC(=O)C(=O)N(Cc1cccs1)C1CC1. The van der Waals surface area contributed by atoms with Crippen molar-refractivity contribution in [3.8, 4) is 6.07 Å². The molecule has 2 amide bonds. The van der Waals surface area contributed by atoms with Crippen LogP contribution in [0.4, 0.5) is 0 Å². The zero-order valence-corrected chi connectivity index (χ0v) is 10.6. The fourth-order valence-corrected chi connectivity index (χ4v) is 2.35. The Labute approximate surface area is 109 Å². The number of carbonyl (C=O) groups is 2. The fraction of sp³-hybridized carbons (Fsp3) is 0.417. The molecule has 5 nitrogen and oxygen atoms in total. The van der Waals surface area contributed by atoms with E-state index in [4.69, 9.17) is 5.26 Å². The van der Waals surface area contributed by atoms with Crippen LogP contribution < -0.4 is 5.32 Å². The van der Waals surface area contributed by atoms with Crippen molar-refractivity contribution >= 4 is 23.2 Å². The summed E-state index contributed by atoms with van der Waals surface area (Å²) in [4.78, 5) is 26.2. The van der Waals surface area contributed by atoms with E-state index in [1.807, 2.05) is 17.5 Å². The Morgan fingerprint density at radius 3 is 2.89 bits per heavy atom. The summed E-state index contributed by atoms with van der Waals surface area (Å²) in [6.45, 7) is 0.337. The van der Waals surface area contributed by atoms with Gasteiger partial charge < -0.3 is 10.2 Å². The highest BCUT2D eigenvalue weighted by Gasteiger charge is 2.35. The molecule has 1 aromatic rings. The van der Waals surface area contributed by atoms with E-state index in [1.54, 1.807) is 22.3 Å². The van der Waals surface area contributed by atoms with E-state index in [9.17, 15) is 9.59 Å². The lowest BCUT2D eigenvalue weighted by atomic mass is 10.3. The summed E-state index contributed by atoms with van der Waals surface area (Å²) in [6, 6.07) is 5.82. The second kappa shape index (κ2) is 5.65. The molecule has 0 unspecified atom stereocenters. The van der Waals surface area contributed by atoms with Gasteiger partial charge in [0, 0.05) is 10.9 Å². The van der Waals surface area contributed by atoms with Gasteiger partial charge in [-0.15, -0.1) is 11.3 Å². The average Bonchev–Trinajstić information content (AvgIpc) is 3.09. The van der Waals surface area contributed by atoms with E-state index in [1.165, 1.54) is 0 Å². The molecule has 1 aliphatic rings. The molecule has 94 valence electrons. The van der Waals surface area contributed by atoms with Crippen LogP contribution in [0.5, 0.6) is 0 Å². The maximum Gasteiger partial charge on any atom is 0.312 e. The third-order valence-corrected chi connectivity index (χ3v) is 3.54. The molecule has 1 N–H and O–H groups in total. The Balaban J connectivity index is 1.99. The van der Waals surface area contributed by atoms with Gasteiger partial charge >= 0.3 is 11.8 Å². The molecule has 1 fully saturated rings. The van der Waals surface area contributed by atoms with E-state index in [-0.39, 0.29) is 12.6 Å². The van der Waals surface area contributed by atoms with Crippen LogP contribution in [0.25, 0.3) is 0 Å². The second-order valence-corrected chi connectivity index (χ2v) is 5.12. The van der Waals surface area contributed by atoms with Gasteiger partial charge in [0.1, 0.15) is 6.54 Å². The molecule has 0 saturated heterocycles. The summed E-state index contributed by atoms with van der Waals surface area (Å²) in [5, 5.41) is 12.6. The number of hydrogen-bond acceptors (Lipinski definition) is 4. The number of rotatable bonds is 4. The van der Waals surface area contributed by atoms with Crippen molar-refractivity contribution in [3.63, 3.8) is 0 Å². The molecule has 2 rings (SSSR count). The summed E-state index contributed by atoms with van der Waals surface area (Å²) in [7, 11) is 0. The van der Waals surface area contributed by atoms with Crippen molar-refractivity contribution in [1.82, 2.24) is 10.2 Å². The Kier molecular flexibility index (Phi) is 3.95. The average molecular weight is 263 g/mol. The Hall–Kier alpha value is -1.87. The molecule has 0 aromatic carbocycles. The molecule has 0 radical (unpaired) electrons. The van der Waals surface area contributed by atoms with Crippen molar-refractivity contribution in [1.29, 1.82) is 5.26 Å². The lowest BCUT2D eigenvalue weighted by Gasteiger charge is -2.20. The summed E-state index contributed by atoms with van der Waals surface area (Å²) in [6.07, 6.45) is 1.89. The van der Waals surface area contributed by atoms with Gasteiger partial charge in [0.15, 0.2) is 0 Å². The smallest absolute Gasteiger partial charge is 0.312 e. The van der Waals surface area contributed by atoms with Crippen molar-refractivity contribution in [3.05, 3.63) is 22.4 Å².